The first-order valence-corrected chi connectivity index (χ1v) is 6.22. The Kier molecular flexibility index (Phi) is 4.48. The van der Waals surface area contributed by atoms with Crippen molar-refractivity contribution in [3.05, 3.63) is 0 Å². The lowest BCUT2D eigenvalue weighted by Gasteiger charge is -2.14. The maximum atomic E-state index is 12.2. The van der Waals surface area contributed by atoms with E-state index in [1.54, 1.807) is 13.8 Å². The summed E-state index contributed by atoms with van der Waals surface area (Å²) in [5, 5.41) is 0. The third kappa shape index (κ3) is 3.09. The van der Waals surface area contributed by atoms with Gasteiger partial charge in [0.05, 0.1) is 13.2 Å². The van der Waals surface area contributed by atoms with Crippen LogP contribution >= 0.6 is 0 Å². The van der Waals surface area contributed by atoms with Crippen LogP contribution < -0.4 is 0 Å². The van der Waals surface area contributed by atoms with Crippen molar-refractivity contribution in [2.45, 2.75) is 34.1 Å². The number of esters is 2. The molecule has 0 amide bonds. The molecule has 5 nitrogen and oxygen atoms in total. The molecule has 0 aromatic heterocycles. The summed E-state index contributed by atoms with van der Waals surface area (Å²) >= 11 is 0. The quantitative estimate of drug-likeness (QED) is 0.530. The van der Waals surface area contributed by atoms with E-state index in [2.05, 4.69) is 0 Å². The van der Waals surface area contributed by atoms with Crippen molar-refractivity contribution in [3.63, 3.8) is 0 Å². The molecule has 0 heterocycles. The number of hydrogen-bond donors (Lipinski definition) is 0. The predicted octanol–water partition coefficient (Wildman–Crippen LogP) is 1.34. The van der Waals surface area contributed by atoms with Crippen molar-refractivity contribution in [2.24, 2.45) is 17.3 Å². The molecule has 5 heteroatoms. The van der Waals surface area contributed by atoms with E-state index in [-0.39, 0.29) is 30.3 Å². The highest BCUT2D eigenvalue weighted by Crippen LogP contribution is 2.53. The first kappa shape index (κ1) is 14.7. The minimum Gasteiger partial charge on any atom is -0.465 e. The zero-order valence-electron chi connectivity index (χ0n) is 11.3. The second-order valence-corrected chi connectivity index (χ2v) is 5.08. The molecule has 1 rings (SSSR count). The lowest BCUT2D eigenvalue weighted by atomic mass is 9.96. The van der Waals surface area contributed by atoms with E-state index in [4.69, 9.17) is 9.47 Å². The van der Waals surface area contributed by atoms with Gasteiger partial charge in [-0.1, -0.05) is 13.8 Å². The molecule has 0 aromatic rings. The number of carbonyl (C=O) groups excluding carboxylic acids is 3. The zero-order chi connectivity index (χ0) is 13.9. The Bertz CT molecular complexity index is 340. The fraction of sp³-hybridized carbons (Fsp3) is 0.769. The van der Waals surface area contributed by atoms with Crippen LogP contribution in [0.4, 0.5) is 0 Å². The summed E-state index contributed by atoms with van der Waals surface area (Å²) in [6.45, 7) is 7.40. The molecule has 1 unspecified atom stereocenters. The molecule has 0 N–H and O–H groups in total. The lowest BCUT2D eigenvalue weighted by Crippen LogP contribution is -2.36. The van der Waals surface area contributed by atoms with Gasteiger partial charge in [-0.3, -0.25) is 14.4 Å². The maximum absolute atomic E-state index is 12.2. The first-order valence-electron chi connectivity index (χ1n) is 6.22. The average molecular weight is 256 g/mol. The Morgan fingerprint density at radius 3 is 1.78 bits per heavy atom. The maximum Gasteiger partial charge on any atom is 0.328 e. The number of ketones is 1. The molecule has 1 aliphatic rings. The third-order valence-corrected chi connectivity index (χ3v) is 3.19. The summed E-state index contributed by atoms with van der Waals surface area (Å²) in [6, 6.07) is 0. The number of rotatable bonds is 6. The fourth-order valence-electron chi connectivity index (χ4n) is 1.93. The molecule has 102 valence electrons. The molecule has 0 radical (unpaired) electrons. The van der Waals surface area contributed by atoms with Crippen molar-refractivity contribution >= 4 is 17.7 Å². The van der Waals surface area contributed by atoms with Crippen molar-refractivity contribution in [1.29, 1.82) is 0 Å². The van der Waals surface area contributed by atoms with Gasteiger partial charge in [0.25, 0.3) is 0 Å². The average Bonchev–Trinajstić information content (AvgIpc) is 2.88. The molecule has 1 atom stereocenters. The van der Waals surface area contributed by atoms with Crippen LogP contribution in [-0.2, 0) is 23.9 Å². The van der Waals surface area contributed by atoms with Crippen molar-refractivity contribution < 1.29 is 23.9 Å². The standard InChI is InChI=1S/C13H20O5/c1-5-17-11(15)9(12(16)18-6-2)10(14)8-7-13(8,3)4/h8-9H,5-7H2,1-4H3. The van der Waals surface area contributed by atoms with E-state index in [1.165, 1.54) is 0 Å². The van der Waals surface area contributed by atoms with Gasteiger partial charge in [0, 0.05) is 5.92 Å². The molecule has 0 spiro atoms. The van der Waals surface area contributed by atoms with E-state index in [0.29, 0.717) is 6.42 Å². The highest BCUT2D eigenvalue weighted by atomic mass is 16.6. The van der Waals surface area contributed by atoms with E-state index in [1.807, 2.05) is 13.8 Å². The van der Waals surface area contributed by atoms with E-state index in [0.717, 1.165) is 0 Å². The van der Waals surface area contributed by atoms with E-state index in [9.17, 15) is 14.4 Å². The Balaban J connectivity index is 2.80. The van der Waals surface area contributed by atoms with Gasteiger partial charge in [-0.25, -0.2) is 0 Å². The molecule has 1 saturated carbocycles. The topological polar surface area (TPSA) is 69.7 Å². The summed E-state index contributed by atoms with van der Waals surface area (Å²) in [4.78, 5) is 35.6. The number of ether oxygens (including phenoxy) is 2. The summed E-state index contributed by atoms with van der Waals surface area (Å²) in [7, 11) is 0. The zero-order valence-corrected chi connectivity index (χ0v) is 11.3. The molecule has 1 fully saturated rings. The summed E-state index contributed by atoms with van der Waals surface area (Å²) in [5.74, 6) is -3.66. The van der Waals surface area contributed by atoms with Gasteiger partial charge < -0.3 is 9.47 Å². The number of hydrogen-bond acceptors (Lipinski definition) is 5. The first-order chi connectivity index (χ1) is 8.35. The second-order valence-electron chi connectivity index (χ2n) is 5.08. The normalized spacial score (nSPS) is 20.4. The predicted molar refractivity (Wildman–Crippen MR) is 63.7 cm³/mol. The highest BCUT2D eigenvalue weighted by molar-refractivity contribution is 6.16. The molecule has 18 heavy (non-hydrogen) atoms. The minimum absolute atomic E-state index is 0.131. The van der Waals surface area contributed by atoms with Crippen LogP contribution in [0.3, 0.4) is 0 Å². The third-order valence-electron chi connectivity index (χ3n) is 3.19. The van der Waals surface area contributed by atoms with Gasteiger partial charge in [0.15, 0.2) is 5.78 Å². The molecule has 0 saturated heterocycles. The Morgan fingerprint density at radius 1 is 1.11 bits per heavy atom. The highest BCUT2D eigenvalue weighted by Gasteiger charge is 2.55. The van der Waals surface area contributed by atoms with Gasteiger partial charge in [0.2, 0.25) is 5.92 Å². The van der Waals surface area contributed by atoms with Crippen LogP contribution in [0, 0.1) is 17.3 Å². The number of carbonyl (C=O) groups is 3. The monoisotopic (exact) mass is 256 g/mol. The van der Waals surface area contributed by atoms with Crippen LogP contribution in [0.15, 0.2) is 0 Å². The second kappa shape index (κ2) is 5.50. The molecule has 0 aliphatic heterocycles. The van der Waals surface area contributed by atoms with Gasteiger partial charge in [-0.05, 0) is 25.7 Å². The van der Waals surface area contributed by atoms with Gasteiger partial charge in [0.1, 0.15) is 0 Å². The van der Waals surface area contributed by atoms with Crippen LogP contribution in [0.1, 0.15) is 34.1 Å². The van der Waals surface area contributed by atoms with Crippen LogP contribution in [-0.4, -0.2) is 30.9 Å². The smallest absolute Gasteiger partial charge is 0.328 e. The Hall–Kier alpha value is -1.39. The van der Waals surface area contributed by atoms with Gasteiger partial charge >= 0.3 is 11.9 Å². The minimum atomic E-state index is -1.42. The molecule has 0 bridgehead atoms. The summed E-state index contributed by atoms with van der Waals surface area (Å²) < 4.78 is 9.56. The molecular weight excluding hydrogens is 236 g/mol. The Morgan fingerprint density at radius 2 is 1.50 bits per heavy atom. The summed E-state index contributed by atoms with van der Waals surface area (Å²) in [6.07, 6.45) is 0.696. The number of Topliss-reactive ketones (excluding diaryl/α,β-unsaturated/α-hetero) is 1. The SMILES string of the molecule is CCOC(=O)C(C(=O)OCC)C(=O)C1CC1(C)C. The van der Waals surface area contributed by atoms with E-state index >= 15 is 0 Å². The van der Waals surface area contributed by atoms with Gasteiger partial charge in [-0.15, -0.1) is 0 Å². The van der Waals surface area contributed by atoms with Crippen LogP contribution in [0.2, 0.25) is 0 Å². The fourth-order valence-corrected chi connectivity index (χ4v) is 1.93. The largest absolute Gasteiger partial charge is 0.465 e. The van der Waals surface area contributed by atoms with E-state index < -0.39 is 17.9 Å². The molecule has 1 aliphatic carbocycles. The van der Waals surface area contributed by atoms with Crippen molar-refractivity contribution in [3.8, 4) is 0 Å². The Labute approximate surface area is 107 Å². The van der Waals surface area contributed by atoms with Crippen LogP contribution in [0.5, 0.6) is 0 Å². The van der Waals surface area contributed by atoms with Crippen molar-refractivity contribution in [2.75, 3.05) is 13.2 Å². The van der Waals surface area contributed by atoms with Crippen molar-refractivity contribution in [1.82, 2.24) is 0 Å². The van der Waals surface area contributed by atoms with Gasteiger partial charge in [-0.2, -0.15) is 0 Å². The summed E-state index contributed by atoms with van der Waals surface area (Å²) in [5.41, 5.74) is -0.131. The lowest BCUT2D eigenvalue weighted by molar-refractivity contribution is -0.164. The van der Waals surface area contributed by atoms with Crippen LogP contribution in [0.25, 0.3) is 0 Å². The molecular formula is C13H20O5. The molecule has 0 aromatic carbocycles.